The monoisotopic (exact) mass is 585 g/mol. The van der Waals surface area contributed by atoms with Crippen molar-refractivity contribution < 1.29 is 38.2 Å². The van der Waals surface area contributed by atoms with E-state index in [1.165, 1.54) is 25.1 Å². The highest BCUT2D eigenvalue weighted by Gasteiger charge is 2.42. The lowest BCUT2D eigenvalue weighted by molar-refractivity contribution is -0.150. The minimum absolute atomic E-state index is 0.0125. The molecule has 1 aliphatic heterocycles. The molecule has 0 bridgehead atoms. The topological polar surface area (TPSA) is 148 Å². The largest absolute Gasteiger partial charge is 0.454 e. The Balaban J connectivity index is 1.34. The number of aryl methyl sites for hydroxylation is 4. The van der Waals surface area contributed by atoms with Crippen LogP contribution in [-0.2, 0) is 23.9 Å². The Labute approximate surface area is 248 Å². The molecule has 0 saturated heterocycles. The molecule has 0 saturated carbocycles. The molecule has 1 aliphatic rings. The van der Waals surface area contributed by atoms with Gasteiger partial charge in [0.2, 0.25) is 0 Å². The summed E-state index contributed by atoms with van der Waals surface area (Å²) in [6, 6.07) is 13.5. The molecule has 0 aromatic heterocycles. The molecule has 0 fully saturated rings. The van der Waals surface area contributed by atoms with Crippen molar-refractivity contribution in [1.82, 2.24) is 4.90 Å². The molecule has 2 N–H and O–H groups in total. The van der Waals surface area contributed by atoms with Gasteiger partial charge in [0.1, 0.15) is 6.04 Å². The van der Waals surface area contributed by atoms with Crippen LogP contribution in [0, 0.1) is 27.7 Å². The van der Waals surface area contributed by atoms with Crippen LogP contribution < -0.4 is 10.6 Å². The van der Waals surface area contributed by atoms with E-state index >= 15 is 0 Å². The number of carbonyl (C=O) groups is 6. The predicted molar refractivity (Wildman–Crippen MR) is 157 cm³/mol. The Morgan fingerprint density at radius 3 is 1.77 bits per heavy atom. The first-order valence-electron chi connectivity index (χ1n) is 13.5. The standard InChI is InChI=1S/C32H31N3O8/c1-17-6-8-19(3)25(12-17)33-27(36)15-42-31(40)21(5)35-29(38)23-11-10-22(14-24(23)30(35)39)32(41)43-16-28(37)34-26-13-18(2)7-9-20(26)4/h6-14,21H,15-16H2,1-5H3,(H,33,36)(H,34,37)/t21-/m1/s1. The third-order valence-electron chi connectivity index (χ3n) is 6.90. The summed E-state index contributed by atoms with van der Waals surface area (Å²) in [4.78, 5) is 76.8. The van der Waals surface area contributed by atoms with Crippen LogP contribution >= 0.6 is 0 Å². The Morgan fingerprint density at radius 1 is 0.698 bits per heavy atom. The maximum Gasteiger partial charge on any atom is 0.338 e. The number of benzene rings is 3. The molecule has 1 atom stereocenters. The van der Waals surface area contributed by atoms with Crippen molar-refractivity contribution in [2.24, 2.45) is 0 Å². The fourth-order valence-corrected chi connectivity index (χ4v) is 4.43. The molecular weight excluding hydrogens is 554 g/mol. The van der Waals surface area contributed by atoms with Crippen LogP contribution in [0.25, 0.3) is 0 Å². The highest BCUT2D eigenvalue weighted by molar-refractivity contribution is 6.23. The van der Waals surface area contributed by atoms with E-state index in [1.807, 2.05) is 52.0 Å². The molecule has 1 heterocycles. The summed E-state index contributed by atoms with van der Waals surface area (Å²) in [7, 11) is 0. The first-order valence-corrected chi connectivity index (χ1v) is 13.5. The average molecular weight is 586 g/mol. The third-order valence-corrected chi connectivity index (χ3v) is 6.90. The van der Waals surface area contributed by atoms with Crippen molar-refractivity contribution in [2.75, 3.05) is 23.8 Å². The van der Waals surface area contributed by atoms with Gasteiger partial charge < -0.3 is 20.1 Å². The molecule has 4 amide bonds. The summed E-state index contributed by atoms with van der Waals surface area (Å²) in [6.07, 6.45) is 0. The van der Waals surface area contributed by atoms with E-state index in [9.17, 15) is 28.8 Å². The summed E-state index contributed by atoms with van der Waals surface area (Å²) >= 11 is 0. The number of ether oxygens (including phenoxy) is 2. The molecule has 0 spiro atoms. The quantitative estimate of drug-likeness (QED) is 0.284. The van der Waals surface area contributed by atoms with Crippen molar-refractivity contribution >= 4 is 46.9 Å². The van der Waals surface area contributed by atoms with Crippen LogP contribution in [0.15, 0.2) is 54.6 Å². The maximum absolute atomic E-state index is 13.1. The molecule has 0 radical (unpaired) electrons. The Hall–Kier alpha value is -5.32. The molecule has 43 heavy (non-hydrogen) atoms. The van der Waals surface area contributed by atoms with Gasteiger partial charge in [0.25, 0.3) is 23.6 Å². The van der Waals surface area contributed by atoms with Gasteiger partial charge in [0, 0.05) is 11.4 Å². The van der Waals surface area contributed by atoms with E-state index in [0.29, 0.717) is 16.3 Å². The van der Waals surface area contributed by atoms with Crippen LogP contribution in [-0.4, -0.2) is 59.7 Å². The lowest BCUT2D eigenvalue weighted by Crippen LogP contribution is -2.44. The van der Waals surface area contributed by atoms with E-state index in [0.717, 1.165) is 22.3 Å². The van der Waals surface area contributed by atoms with E-state index < -0.39 is 54.8 Å². The number of rotatable bonds is 9. The lowest BCUT2D eigenvalue weighted by Gasteiger charge is -2.20. The Bertz CT molecular complexity index is 1660. The number of nitrogens with one attached hydrogen (secondary N) is 2. The normalized spacial score (nSPS) is 12.8. The second-order valence-corrected chi connectivity index (χ2v) is 10.3. The van der Waals surface area contributed by atoms with Crippen molar-refractivity contribution in [1.29, 1.82) is 0 Å². The zero-order valence-corrected chi connectivity index (χ0v) is 24.4. The van der Waals surface area contributed by atoms with Gasteiger partial charge in [-0.15, -0.1) is 0 Å². The number of anilines is 2. The highest BCUT2D eigenvalue weighted by Crippen LogP contribution is 2.27. The van der Waals surface area contributed by atoms with Gasteiger partial charge in [-0.25, -0.2) is 9.59 Å². The fourth-order valence-electron chi connectivity index (χ4n) is 4.43. The second kappa shape index (κ2) is 12.7. The van der Waals surface area contributed by atoms with E-state index in [4.69, 9.17) is 9.47 Å². The summed E-state index contributed by atoms with van der Waals surface area (Å²) < 4.78 is 10.2. The smallest absolute Gasteiger partial charge is 0.338 e. The molecule has 3 aromatic rings. The molecular formula is C32H31N3O8. The van der Waals surface area contributed by atoms with E-state index in [2.05, 4.69) is 10.6 Å². The second-order valence-electron chi connectivity index (χ2n) is 10.3. The van der Waals surface area contributed by atoms with Gasteiger partial charge >= 0.3 is 11.9 Å². The SMILES string of the molecule is Cc1ccc(C)c(NC(=O)COC(=O)c2ccc3c(c2)C(=O)N([C@H](C)C(=O)OCC(=O)Nc2cc(C)ccc2C)C3=O)c1. The molecule has 222 valence electrons. The number of hydrogen-bond acceptors (Lipinski definition) is 8. The lowest BCUT2D eigenvalue weighted by atomic mass is 10.1. The molecule has 11 heteroatoms. The van der Waals surface area contributed by atoms with Gasteiger partial charge in [-0.1, -0.05) is 24.3 Å². The number of hydrogen-bond donors (Lipinski definition) is 2. The van der Waals surface area contributed by atoms with Crippen LogP contribution in [0.5, 0.6) is 0 Å². The average Bonchev–Trinajstić information content (AvgIpc) is 3.22. The Kier molecular flexibility index (Phi) is 9.03. The molecule has 3 aromatic carbocycles. The van der Waals surface area contributed by atoms with Gasteiger partial charge in [-0.05, 0) is 87.2 Å². The number of fused-ring (bicyclic) bond motifs is 1. The van der Waals surface area contributed by atoms with Crippen LogP contribution in [0.2, 0.25) is 0 Å². The number of amides is 4. The van der Waals surface area contributed by atoms with Gasteiger partial charge in [-0.2, -0.15) is 0 Å². The van der Waals surface area contributed by atoms with Crippen LogP contribution in [0.3, 0.4) is 0 Å². The summed E-state index contributed by atoms with van der Waals surface area (Å²) in [5.41, 5.74) is 4.55. The Morgan fingerprint density at radius 2 is 1.21 bits per heavy atom. The van der Waals surface area contributed by atoms with Crippen molar-refractivity contribution in [3.05, 3.63) is 93.5 Å². The van der Waals surface area contributed by atoms with E-state index in [-0.39, 0.29) is 16.7 Å². The van der Waals surface area contributed by atoms with Crippen molar-refractivity contribution in [3.8, 4) is 0 Å². The number of carbonyl (C=O) groups excluding carboxylic acids is 6. The highest BCUT2D eigenvalue weighted by atomic mass is 16.5. The van der Waals surface area contributed by atoms with Crippen LogP contribution in [0.4, 0.5) is 11.4 Å². The zero-order chi connectivity index (χ0) is 31.4. The maximum atomic E-state index is 13.1. The summed E-state index contributed by atoms with van der Waals surface area (Å²) in [5.74, 6) is -4.53. The van der Waals surface area contributed by atoms with Gasteiger partial charge in [0.05, 0.1) is 16.7 Å². The number of imide groups is 1. The van der Waals surface area contributed by atoms with Gasteiger partial charge in [-0.3, -0.25) is 24.1 Å². The van der Waals surface area contributed by atoms with Gasteiger partial charge in [0.15, 0.2) is 13.2 Å². The fraction of sp³-hybridized carbons (Fsp3) is 0.250. The molecule has 4 rings (SSSR count). The molecule has 11 nitrogen and oxygen atoms in total. The minimum Gasteiger partial charge on any atom is -0.454 e. The molecule has 0 unspecified atom stereocenters. The van der Waals surface area contributed by atoms with Crippen LogP contribution in [0.1, 0.15) is 60.3 Å². The van der Waals surface area contributed by atoms with Crippen molar-refractivity contribution in [3.63, 3.8) is 0 Å². The zero-order valence-electron chi connectivity index (χ0n) is 24.4. The number of esters is 2. The summed E-state index contributed by atoms with van der Waals surface area (Å²) in [5, 5.41) is 5.35. The first kappa shape index (κ1) is 30.6. The van der Waals surface area contributed by atoms with Crippen molar-refractivity contribution in [2.45, 2.75) is 40.7 Å². The van der Waals surface area contributed by atoms with E-state index in [1.54, 1.807) is 12.1 Å². The third kappa shape index (κ3) is 6.95. The minimum atomic E-state index is -1.34. The summed E-state index contributed by atoms with van der Waals surface area (Å²) in [6.45, 7) is 7.52. The molecule has 0 aliphatic carbocycles. The first-order chi connectivity index (χ1) is 20.3. The predicted octanol–water partition coefficient (Wildman–Crippen LogP) is 3.88. The number of nitrogens with zero attached hydrogens (tertiary/aromatic N) is 1.